The predicted molar refractivity (Wildman–Crippen MR) is 84.9 cm³/mol. The number of piperidine rings is 1. The third-order valence-corrected chi connectivity index (χ3v) is 4.33. The molecule has 0 unspecified atom stereocenters. The van der Waals surface area contributed by atoms with Gasteiger partial charge in [-0.15, -0.1) is 0 Å². The molecular weight excluding hydrogens is 264 g/mol. The van der Waals surface area contributed by atoms with E-state index in [1.54, 1.807) is 7.11 Å². The average Bonchev–Trinajstić information content (AvgIpc) is 2.53. The van der Waals surface area contributed by atoms with Crippen molar-refractivity contribution in [2.45, 2.75) is 26.2 Å². The standard InChI is InChI=1S/C17H26N2O2/c1-13-4-5-15(12-16(13)21-3)17(20)19(2)11-8-14-6-9-18-10-7-14/h4-5,12,14,18H,6-11H2,1-3H3. The molecule has 1 aliphatic heterocycles. The molecule has 116 valence electrons. The van der Waals surface area contributed by atoms with Crippen LogP contribution < -0.4 is 10.1 Å². The van der Waals surface area contributed by atoms with Gasteiger partial charge in [-0.05, 0) is 62.9 Å². The molecule has 0 spiro atoms. The van der Waals surface area contributed by atoms with E-state index in [-0.39, 0.29) is 5.91 Å². The first-order valence-electron chi connectivity index (χ1n) is 7.72. The number of carbonyl (C=O) groups excluding carboxylic acids is 1. The summed E-state index contributed by atoms with van der Waals surface area (Å²) in [5.74, 6) is 1.59. The molecule has 0 radical (unpaired) electrons. The van der Waals surface area contributed by atoms with Crippen LogP contribution >= 0.6 is 0 Å². The van der Waals surface area contributed by atoms with Crippen LogP contribution in [0.5, 0.6) is 5.75 Å². The Labute approximate surface area is 127 Å². The number of hydrogen-bond acceptors (Lipinski definition) is 3. The van der Waals surface area contributed by atoms with Crippen LogP contribution in [0.3, 0.4) is 0 Å². The van der Waals surface area contributed by atoms with Gasteiger partial charge in [-0.1, -0.05) is 6.07 Å². The molecule has 1 aliphatic rings. The maximum Gasteiger partial charge on any atom is 0.253 e. The Hall–Kier alpha value is -1.55. The molecule has 1 fully saturated rings. The van der Waals surface area contributed by atoms with E-state index in [1.807, 2.05) is 37.1 Å². The van der Waals surface area contributed by atoms with Gasteiger partial charge < -0.3 is 15.0 Å². The van der Waals surface area contributed by atoms with Crippen molar-refractivity contribution in [1.82, 2.24) is 10.2 Å². The Morgan fingerprint density at radius 2 is 2.10 bits per heavy atom. The number of benzene rings is 1. The third-order valence-electron chi connectivity index (χ3n) is 4.33. The first kappa shape index (κ1) is 15.8. The summed E-state index contributed by atoms with van der Waals surface area (Å²) in [7, 11) is 3.52. The highest BCUT2D eigenvalue weighted by atomic mass is 16.5. The summed E-state index contributed by atoms with van der Waals surface area (Å²) in [6.07, 6.45) is 3.54. The van der Waals surface area contributed by atoms with E-state index in [2.05, 4.69) is 5.32 Å². The molecule has 1 amide bonds. The summed E-state index contributed by atoms with van der Waals surface area (Å²) in [6, 6.07) is 5.65. The van der Waals surface area contributed by atoms with Gasteiger partial charge in [0.1, 0.15) is 5.75 Å². The van der Waals surface area contributed by atoms with Gasteiger partial charge in [0.2, 0.25) is 0 Å². The molecule has 0 saturated carbocycles. The summed E-state index contributed by atoms with van der Waals surface area (Å²) in [4.78, 5) is 14.3. The minimum Gasteiger partial charge on any atom is -0.496 e. The second kappa shape index (κ2) is 7.46. The summed E-state index contributed by atoms with van der Waals surface area (Å²) < 4.78 is 5.29. The maximum atomic E-state index is 12.5. The van der Waals surface area contributed by atoms with Crippen LogP contribution in [-0.2, 0) is 0 Å². The van der Waals surface area contributed by atoms with Crippen molar-refractivity contribution in [3.8, 4) is 5.75 Å². The van der Waals surface area contributed by atoms with Crippen molar-refractivity contribution in [1.29, 1.82) is 0 Å². The SMILES string of the molecule is COc1cc(C(=O)N(C)CCC2CCNCC2)ccc1C. The van der Waals surface area contributed by atoms with Crippen LogP contribution in [-0.4, -0.2) is 44.6 Å². The largest absolute Gasteiger partial charge is 0.496 e. The lowest BCUT2D eigenvalue weighted by Gasteiger charge is -2.25. The zero-order chi connectivity index (χ0) is 15.2. The van der Waals surface area contributed by atoms with Crippen LogP contribution in [0.4, 0.5) is 0 Å². The Bertz CT molecular complexity index is 482. The number of hydrogen-bond donors (Lipinski definition) is 1. The number of nitrogens with one attached hydrogen (secondary N) is 1. The topological polar surface area (TPSA) is 41.6 Å². The lowest BCUT2D eigenvalue weighted by molar-refractivity contribution is 0.0784. The second-order valence-electron chi connectivity index (χ2n) is 5.89. The maximum absolute atomic E-state index is 12.5. The van der Waals surface area contributed by atoms with Gasteiger partial charge in [0.15, 0.2) is 0 Å². The van der Waals surface area contributed by atoms with Crippen molar-refractivity contribution in [2.24, 2.45) is 5.92 Å². The fraction of sp³-hybridized carbons (Fsp3) is 0.588. The molecule has 1 aromatic rings. The van der Waals surface area contributed by atoms with E-state index in [0.29, 0.717) is 5.56 Å². The van der Waals surface area contributed by atoms with Crippen LogP contribution in [0.15, 0.2) is 18.2 Å². The first-order valence-corrected chi connectivity index (χ1v) is 7.72. The highest BCUT2D eigenvalue weighted by Gasteiger charge is 2.17. The quantitative estimate of drug-likeness (QED) is 0.906. The van der Waals surface area contributed by atoms with Crippen molar-refractivity contribution in [2.75, 3.05) is 33.8 Å². The Balaban J connectivity index is 1.92. The molecule has 1 N–H and O–H groups in total. The molecule has 1 aromatic carbocycles. The van der Waals surface area contributed by atoms with Crippen LogP contribution in [0, 0.1) is 12.8 Å². The number of aryl methyl sites for hydroxylation is 1. The Kier molecular flexibility index (Phi) is 5.62. The van der Waals surface area contributed by atoms with Gasteiger partial charge in [0, 0.05) is 19.2 Å². The number of amides is 1. The minimum atomic E-state index is 0.0715. The fourth-order valence-corrected chi connectivity index (χ4v) is 2.82. The third kappa shape index (κ3) is 4.21. The molecule has 0 aromatic heterocycles. The number of carbonyl (C=O) groups is 1. The highest BCUT2D eigenvalue weighted by molar-refractivity contribution is 5.94. The summed E-state index contributed by atoms with van der Waals surface area (Å²) >= 11 is 0. The zero-order valence-electron chi connectivity index (χ0n) is 13.3. The van der Waals surface area contributed by atoms with Crippen LogP contribution in [0.1, 0.15) is 35.2 Å². The summed E-state index contributed by atoms with van der Waals surface area (Å²) in [5, 5.41) is 3.37. The van der Waals surface area contributed by atoms with Crippen LogP contribution in [0.25, 0.3) is 0 Å². The van der Waals surface area contributed by atoms with E-state index in [1.165, 1.54) is 12.8 Å². The van der Waals surface area contributed by atoms with Crippen molar-refractivity contribution in [3.05, 3.63) is 29.3 Å². The molecule has 4 heteroatoms. The Morgan fingerprint density at radius 1 is 1.38 bits per heavy atom. The fourth-order valence-electron chi connectivity index (χ4n) is 2.82. The first-order chi connectivity index (χ1) is 10.1. The van der Waals surface area contributed by atoms with E-state index in [4.69, 9.17) is 4.74 Å². The van der Waals surface area contributed by atoms with Gasteiger partial charge in [0.05, 0.1) is 7.11 Å². The van der Waals surface area contributed by atoms with Crippen molar-refractivity contribution in [3.63, 3.8) is 0 Å². The normalized spacial score (nSPS) is 15.8. The lowest BCUT2D eigenvalue weighted by atomic mass is 9.94. The summed E-state index contributed by atoms with van der Waals surface area (Å²) in [6.45, 7) is 5.02. The highest BCUT2D eigenvalue weighted by Crippen LogP contribution is 2.21. The molecule has 0 atom stereocenters. The smallest absolute Gasteiger partial charge is 0.253 e. The second-order valence-corrected chi connectivity index (χ2v) is 5.89. The number of methoxy groups -OCH3 is 1. The van der Waals surface area contributed by atoms with Crippen molar-refractivity contribution >= 4 is 5.91 Å². The van der Waals surface area contributed by atoms with Gasteiger partial charge in [-0.3, -0.25) is 4.79 Å². The molecule has 1 saturated heterocycles. The molecule has 21 heavy (non-hydrogen) atoms. The van der Waals surface area contributed by atoms with Gasteiger partial charge in [-0.25, -0.2) is 0 Å². The van der Waals surface area contributed by atoms with Gasteiger partial charge in [0.25, 0.3) is 5.91 Å². The van der Waals surface area contributed by atoms with Crippen molar-refractivity contribution < 1.29 is 9.53 Å². The Morgan fingerprint density at radius 3 is 2.76 bits per heavy atom. The minimum absolute atomic E-state index is 0.0715. The van der Waals surface area contributed by atoms with E-state index in [0.717, 1.165) is 43.3 Å². The van der Waals surface area contributed by atoms with Crippen LogP contribution in [0.2, 0.25) is 0 Å². The average molecular weight is 290 g/mol. The van der Waals surface area contributed by atoms with E-state index >= 15 is 0 Å². The molecule has 2 rings (SSSR count). The molecule has 1 heterocycles. The molecular formula is C17H26N2O2. The number of ether oxygens (including phenoxy) is 1. The number of rotatable bonds is 5. The molecule has 0 aliphatic carbocycles. The van der Waals surface area contributed by atoms with Gasteiger partial charge >= 0.3 is 0 Å². The summed E-state index contributed by atoms with van der Waals surface area (Å²) in [5.41, 5.74) is 1.75. The molecule has 0 bridgehead atoms. The predicted octanol–water partition coefficient (Wildman–Crippen LogP) is 2.47. The van der Waals surface area contributed by atoms with Gasteiger partial charge in [-0.2, -0.15) is 0 Å². The van der Waals surface area contributed by atoms with E-state index < -0.39 is 0 Å². The monoisotopic (exact) mass is 290 g/mol. The lowest BCUT2D eigenvalue weighted by Crippen LogP contribution is -2.32. The molecule has 4 nitrogen and oxygen atoms in total. The zero-order valence-corrected chi connectivity index (χ0v) is 13.3. The number of nitrogens with zero attached hydrogens (tertiary/aromatic N) is 1. The van der Waals surface area contributed by atoms with E-state index in [9.17, 15) is 4.79 Å².